The summed E-state index contributed by atoms with van der Waals surface area (Å²) in [6, 6.07) is 27.8. The Bertz CT molecular complexity index is 1260. The first-order valence-electron chi connectivity index (χ1n) is 10.2. The smallest absolute Gasteiger partial charge is 0.255 e. The van der Waals surface area contributed by atoms with Gasteiger partial charge in [0.2, 0.25) is 5.91 Å². The lowest BCUT2D eigenvalue weighted by atomic mass is 10.1. The average Bonchev–Trinajstić information content (AvgIpc) is 3.30. The van der Waals surface area contributed by atoms with Crippen molar-refractivity contribution < 1.29 is 14.0 Å². The summed E-state index contributed by atoms with van der Waals surface area (Å²) in [5, 5.41) is 5.72. The average molecular weight is 422 g/mol. The molecule has 4 aromatic rings. The molecule has 0 atom stereocenters. The number of carbonyl (C=O) groups is 2. The Morgan fingerprint density at radius 3 is 2.25 bits per heavy atom. The van der Waals surface area contributed by atoms with Crippen molar-refractivity contribution in [1.82, 2.24) is 0 Å². The minimum Gasteiger partial charge on any atom is -0.457 e. The van der Waals surface area contributed by atoms with Crippen molar-refractivity contribution in [3.05, 3.63) is 114 Å². The number of aryl methyl sites for hydroxylation is 1. The highest BCUT2D eigenvalue weighted by Gasteiger charge is 2.08. The second-order valence-corrected chi connectivity index (χ2v) is 7.24. The van der Waals surface area contributed by atoms with Gasteiger partial charge in [0.15, 0.2) is 0 Å². The fourth-order valence-electron chi connectivity index (χ4n) is 3.21. The molecule has 0 aliphatic rings. The molecular weight excluding hydrogens is 400 g/mol. The van der Waals surface area contributed by atoms with Crippen LogP contribution in [-0.4, -0.2) is 11.8 Å². The number of hydrogen-bond donors (Lipinski definition) is 2. The van der Waals surface area contributed by atoms with Gasteiger partial charge < -0.3 is 15.1 Å². The molecule has 4 rings (SSSR count). The molecule has 5 heteroatoms. The van der Waals surface area contributed by atoms with Gasteiger partial charge in [0, 0.05) is 28.6 Å². The van der Waals surface area contributed by atoms with Gasteiger partial charge in [-0.15, -0.1) is 0 Å². The van der Waals surface area contributed by atoms with Crippen molar-refractivity contribution >= 4 is 29.3 Å². The highest BCUT2D eigenvalue weighted by atomic mass is 16.3. The molecule has 3 aromatic carbocycles. The number of rotatable bonds is 6. The summed E-state index contributed by atoms with van der Waals surface area (Å²) in [6.45, 7) is 1.88. The number of anilines is 2. The topological polar surface area (TPSA) is 71.3 Å². The Morgan fingerprint density at radius 1 is 0.812 bits per heavy atom. The maximum atomic E-state index is 12.3. The second-order valence-electron chi connectivity index (χ2n) is 7.24. The van der Waals surface area contributed by atoms with E-state index in [1.54, 1.807) is 30.3 Å². The van der Waals surface area contributed by atoms with E-state index in [0.29, 0.717) is 22.7 Å². The lowest BCUT2D eigenvalue weighted by Gasteiger charge is -2.10. The van der Waals surface area contributed by atoms with Crippen LogP contribution in [0.2, 0.25) is 0 Å². The number of amides is 2. The van der Waals surface area contributed by atoms with Crippen LogP contribution < -0.4 is 10.6 Å². The van der Waals surface area contributed by atoms with Crippen LogP contribution in [0.15, 0.2) is 101 Å². The van der Waals surface area contributed by atoms with Crippen LogP contribution in [0.4, 0.5) is 11.4 Å². The highest BCUT2D eigenvalue weighted by Crippen LogP contribution is 2.23. The molecule has 0 aliphatic heterocycles. The molecule has 0 radical (unpaired) electrons. The standard InChI is InChI=1S/C27H22N2O3/c1-19-18-22(12-15-24(19)29-27(31)21-10-6-3-7-11-21)28-26(30)17-14-23-13-16-25(32-23)20-8-4-2-5-9-20/h2-18H,1H3,(H,28,30)(H,29,31)/b17-14+. The number of carbonyl (C=O) groups excluding carboxylic acids is 2. The van der Waals surface area contributed by atoms with E-state index in [0.717, 1.165) is 16.9 Å². The summed E-state index contributed by atoms with van der Waals surface area (Å²) in [7, 11) is 0. The van der Waals surface area contributed by atoms with Crippen LogP contribution in [0, 0.1) is 6.92 Å². The largest absolute Gasteiger partial charge is 0.457 e. The summed E-state index contributed by atoms with van der Waals surface area (Å²) in [4.78, 5) is 24.7. The predicted molar refractivity (Wildman–Crippen MR) is 127 cm³/mol. The summed E-state index contributed by atoms with van der Waals surface area (Å²) in [5.74, 6) is 0.883. The third kappa shape index (κ3) is 5.21. The van der Waals surface area contributed by atoms with Crippen LogP contribution in [0.5, 0.6) is 0 Å². The van der Waals surface area contributed by atoms with Gasteiger partial charge in [0.25, 0.3) is 5.91 Å². The minimum absolute atomic E-state index is 0.179. The van der Waals surface area contributed by atoms with E-state index in [9.17, 15) is 9.59 Å². The van der Waals surface area contributed by atoms with Gasteiger partial charge in [-0.2, -0.15) is 0 Å². The molecule has 0 saturated carbocycles. The van der Waals surface area contributed by atoms with Gasteiger partial charge in [-0.3, -0.25) is 9.59 Å². The van der Waals surface area contributed by atoms with Crippen LogP contribution in [-0.2, 0) is 4.79 Å². The SMILES string of the molecule is Cc1cc(NC(=O)/C=C/c2ccc(-c3ccccc3)o2)ccc1NC(=O)c1ccccc1. The van der Waals surface area contributed by atoms with Crippen molar-refractivity contribution in [2.24, 2.45) is 0 Å². The monoisotopic (exact) mass is 422 g/mol. The molecule has 0 bridgehead atoms. The van der Waals surface area contributed by atoms with E-state index in [1.807, 2.05) is 73.7 Å². The summed E-state index contributed by atoms with van der Waals surface area (Å²) in [5.41, 5.74) is 3.74. The number of furan rings is 1. The Kier molecular flexibility index (Phi) is 6.28. The van der Waals surface area contributed by atoms with Crippen molar-refractivity contribution in [2.45, 2.75) is 6.92 Å². The van der Waals surface area contributed by atoms with E-state index in [4.69, 9.17) is 4.42 Å². The number of hydrogen-bond acceptors (Lipinski definition) is 3. The fraction of sp³-hybridized carbons (Fsp3) is 0.0370. The molecule has 1 aromatic heterocycles. The molecule has 0 spiro atoms. The Labute approximate surface area is 186 Å². The zero-order valence-electron chi connectivity index (χ0n) is 17.5. The molecule has 0 saturated heterocycles. The van der Waals surface area contributed by atoms with E-state index in [-0.39, 0.29) is 11.8 Å². The molecule has 0 aliphatic carbocycles. The molecular formula is C27H22N2O3. The van der Waals surface area contributed by atoms with Crippen LogP contribution in [0.1, 0.15) is 21.7 Å². The third-order valence-corrected chi connectivity index (χ3v) is 4.86. The van der Waals surface area contributed by atoms with Gasteiger partial charge in [0.05, 0.1) is 0 Å². The minimum atomic E-state index is -0.275. The molecule has 158 valence electrons. The van der Waals surface area contributed by atoms with Crippen molar-refractivity contribution in [3.8, 4) is 11.3 Å². The quantitative estimate of drug-likeness (QED) is 0.366. The highest BCUT2D eigenvalue weighted by molar-refractivity contribution is 6.05. The third-order valence-electron chi connectivity index (χ3n) is 4.86. The second kappa shape index (κ2) is 9.62. The van der Waals surface area contributed by atoms with E-state index >= 15 is 0 Å². The summed E-state index contributed by atoms with van der Waals surface area (Å²) in [6.07, 6.45) is 3.05. The van der Waals surface area contributed by atoms with Crippen molar-refractivity contribution in [2.75, 3.05) is 10.6 Å². The van der Waals surface area contributed by atoms with Gasteiger partial charge in [0.1, 0.15) is 11.5 Å². The van der Waals surface area contributed by atoms with E-state index in [2.05, 4.69) is 10.6 Å². The van der Waals surface area contributed by atoms with Crippen LogP contribution in [0.3, 0.4) is 0 Å². The Balaban J connectivity index is 1.37. The first kappa shape index (κ1) is 20.9. The zero-order valence-corrected chi connectivity index (χ0v) is 17.5. The van der Waals surface area contributed by atoms with Crippen LogP contribution in [0.25, 0.3) is 17.4 Å². The van der Waals surface area contributed by atoms with Crippen molar-refractivity contribution in [3.63, 3.8) is 0 Å². The van der Waals surface area contributed by atoms with Gasteiger partial charge in [-0.1, -0.05) is 48.5 Å². The molecule has 32 heavy (non-hydrogen) atoms. The van der Waals surface area contributed by atoms with Crippen LogP contribution >= 0.6 is 0 Å². The predicted octanol–water partition coefficient (Wildman–Crippen LogP) is 6.16. The molecule has 2 N–H and O–H groups in total. The first-order chi connectivity index (χ1) is 15.6. The molecule has 2 amide bonds. The first-order valence-corrected chi connectivity index (χ1v) is 10.2. The summed E-state index contributed by atoms with van der Waals surface area (Å²) < 4.78 is 5.77. The molecule has 0 unspecified atom stereocenters. The lowest BCUT2D eigenvalue weighted by Crippen LogP contribution is -2.13. The molecule has 0 fully saturated rings. The molecule has 5 nitrogen and oxygen atoms in total. The fourth-order valence-corrected chi connectivity index (χ4v) is 3.21. The van der Waals surface area contributed by atoms with Crippen molar-refractivity contribution in [1.29, 1.82) is 0 Å². The van der Waals surface area contributed by atoms with E-state index < -0.39 is 0 Å². The molecule has 1 heterocycles. The zero-order chi connectivity index (χ0) is 22.3. The Hall–Kier alpha value is -4.38. The maximum absolute atomic E-state index is 12.3. The van der Waals surface area contributed by atoms with E-state index in [1.165, 1.54) is 6.08 Å². The van der Waals surface area contributed by atoms with Gasteiger partial charge in [-0.05, 0) is 61.0 Å². The number of benzene rings is 3. The Morgan fingerprint density at radius 2 is 1.53 bits per heavy atom. The number of nitrogens with one attached hydrogen (secondary N) is 2. The van der Waals surface area contributed by atoms with Gasteiger partial charge >= 0.3 is 0 Å². The van der Waals surface area contributed by atoms with Gasteiger partial charge in [-0.25, -0.2) is 0 Å². The maximum Gasteiger partial charge on any atom is 0.255 e. The lowest BCUT2D eigenvalue weighted by molar-refractivity contribution is -0.111. The summed E-state index contributed by atoms with van der Waals surface area (Å²) >= 11 is 0. The normalized spacial score (nSPS) is 10.8.